The molecule has 2 unspecified atom stereocenters. The van der Waals surface area contributed by atoms with Crippen molar-refractivity contribution in [2.45, 2.75) is 42.1 Å². The number of nitrogens with one attached hydrogen (secondary N) is 2. The molecule has 2 fully saturated rings. The Morgan fingerprint density at radius 1 is 1.44 bits per heavy atom. The van der Waals surface area contributed by atoms with Crippen molar-refractivity contribution in [2.75, 3.05) is 0 Å². The smallest absolute Gasteiger partial charge is 0.249 e. The van der Waals surface area contributed by atoms with Gasteiger partial charge in [-0.05, 0) is 25.5 Å². The minimum absolute atomic E-state index is 0.187. The van der Waals surface area contributed by atoms with Crippen molar-refractivity contribution in [3.05, 3.63) is 40.7 Å². The molecule has 1 aromatic carbocycles. The van der Waals surface area contributed by atoms with E-state index in [0.717, 1.165) is 0 Å². The number of thioether (sulfide) groups is 1. The molecule has 3 heterocycles. The van der Waals surface area contributed by atoms with E-state index in [2.05, 4.69) is 25.9 Å². The number of hydrogen-bond donors (Lipinski definition) is 3. The summed E-state index contributed by atoms with van der Waals surface area (Å²) in [4.78, 5) is 27.0. The van der Waals surface area contributed by atoms with Gasteiger partial charge in [0.15, 0.2) is 5.82 Å². The summed E-state index contributed by atoms with van der Waals surface area (Å²) in [7, 11) is 0. The first kappa shape index (κ1) is 18.2. The number of aromatic nitrogens is 4. The largest absolute Gasteiger partial charge is 0.340 e. The molecule has 0 bridgehead atoms. The normalized spacial score (nSPS) is 27.0. The van der Waals surface area contributed by atoms with Gasteiger partial charge in [0.2, 0.25) is 11.8 Å². The molecule has 9 nitrogen and oxygen atoms in total. The summed E-state index contributed by atoms with van der Waals surface area (Å²) in [5, 5.41) is 17.1. The van der Waals surface area contributed by atoms with Gasteiger partial charge in [0, 0.05) is 9.77 Å². The van der Waals surface area contributed by atoms with E-state index in [1.54, 1.807) is 40.9 Å². The molecule has 142 valence electrons. The van der Waals surface area contributed by atoms with E-state index in [1.165, 1.54) is 0 Å². The second-order valence-electron chi connectivity index (χ2n) is 7.02. The molecule has 4 rings (SSSR count). The second-order valence-corrected chi connectivity index (χ2v) is 9.19. The molecule has 11 heteroatoms. The van der Waals surface area contributed by atoms with Gasteiger partial charge in [-0.15, -0.1) is 22.0 Å². The Hall–Kier alpha value is -2.17. The summed E-state index contributed by atoms with van der Waals surface area (Å²) in [6.45, 7) is 4.03. The first-order valence-electron chi connectivity index (χ1n) is 8.35. The fraction of sp³-hybridized carbons (Fsp3) is 0.438. The number of rotatable bonds is 4. The average molecular weight is 408 g/mol. The van der Waals surface area contributed by atoms with E-state index in [0.29, 0.717) is 16.4 Å². The quantitative estimate of drug-likeness (QED) is 0.638. The molecule has 2 aliphatic heterocycles. The van der Waals surface area contributed by atoms with E-state index in [9.17, 15) is 9.59 Å². The van der Waals surface area contributed by atoms with E-state index in [1.807, 2.05) is 13.8 Å². The third-order valence-corrected chi connectivity index (χ3v) is 6.78. The van der Waals surface area contributed by atoms with Gasteiger partial charge >= 0.3 is 0 Å². The van der Waals surface area contributed by atoms with Crippen LogP contribution in [-0.4, -0.2) is 53.5 Å². The number of carbonyl (C=O) groups is 2. The Morgan fingerprint density at radius 2 is 2.19 bits per heavy atom. The first-order chi connectivity index (χ1) is 12.8. The number of H-pyrrole nitrogens is 1. The minimum Gasteiger partial charge on any atom is -0.340 e. The van der Waals surface area contributed by atoms with Crippen LogP contribution in [0.3, 0.4) is 0 Å². The van der Waals surface area contributed by atoms with Crippen LogP contribution in [0.1, 0.15) is 37.3 Å². The maximum absolute atomic E-state index is 12.7. The van der Waals surface area contributed by atoms with Gasteiger partial charge in [0.05, 0.1) is 0 Å². The zero-order valence-corrected chi connectivity index (χ0v) is 16.2. The molecule has 4 atom stereocenters. The lowest BCUT2D eigenvalue weighted by atomic mass is 9.95. The highest BCUT2D eigenvalue weighted by molar-refractivity contribution is 8.01. The van der Waals surface area contributed by atoms with Crippen LogP contribution in [0.25, 0.3) is 0 Å². The van der Waals surface area contributed by atoms with Crippen molar-refractivity contribution in [3.8, 4) is 0 Å². The molecule has 2 saturated heterocycles. The molecule has 0 saturated carbocycles. The number of β-lactam (4-membered cyclic amide) rings is 1. The molecular weight excluding hydrogens is 390 g/mol. The van der Waals surface area contributed by atoms with Gasteiger partial charge in [-0.3, -0.25) is 9.59 Å². The van der Waals surface area contributed by atoms with Gasteiger partial charge < -0.3 is 16.0 Å². The van der Waals surface area contributed by atoms with Crippen molar-refractivity contribution in [2.24, 2.45) is 5.73 Å². The van der Waals surface area contributed by atoms with Crippen LogP contribution < -0.4 is 11.1 Å². The molecule has 27 heavy (non-hydrogen) atoms. The molecule has 2 aliphatic rings. The van der Waals surface area contributed by atoms with Gasteiger partial charge in [0.25, 0.3) is 0 Å². The van der Waals surface area contributed by atoms with Crippen LogP contribution in [0.4, 0.5) is 0 Å². The summed E-state index contributed by atoms with van der Waals surface area (Å²) >= 11 is 7.71. The Kier molecular flexibility index (Phi) is 4.36. The highest BCUT2D eigenvalue weighted by atomic mass is 35.5. The van der Waals surface area contributed by atoms with Gasteiger partial charge in [-0.2, -0.15) is 5.21 Å². The molecule has 4 N–H and O–H groups in total. The van der Waals surface area contributed by atoms with Crippen LogP contribution in [-0.2, 0) is 9.59 Å². The summed E-state index contributed by atoms with van der Waals surface area (Å²) in [5.41, 5.74) is 6.56. The third kappa shape index (κ3) is 2.88. The van der Waals surface area contributed by atoms with Gasteiger partial charge in [-0.25, -0.2) is 0 Å². The van der Waals surface area contributed by atoms with Crippen LogP contribution in [0.5, 0.6) is 0 Å². The number of amides is 2. The number of tetrazole rings is 1. The predicted molar refractivity (Wildman–Crippen MR) is 99.5 cm³/mol. The monoisotopic (exact) mass is 407 g/mol. The van der Waals surface area contributed by atoms with Crippen molar-refractivity contribution in [1.29, 1.82) is 0 Å². The SMILES string of the molecule is CC1(C)S[C@@H]2C(NC(=O)[C@@H](N)c3ccccc3Cl)C(=O)N2C1c1nn[nH]n1. The summed E-state index contributed by atoms with van der Waals surface area (Å²) in [6, 6.07) is 4.98. The fourth-order valence-electron chi connectivity index (χ4n) is 3.56. The number of carbonyl (C=O) groups excluding carboxylic acids is 2. The number of halogens is 1. The molecule has 1 aromatic heterocycles. The number of fused-ring (bicyclic) bond motifs is 1. The van der Waals surface area contributed by atoms with Crippen LogP contribution in [0.15, 0.2) is 24.3 Å². The maximum Gasteiger partial charge on any atom is 0.249 e. The Morgan fingerprint density at radius 3 is 2.85 bits per heavy atom. The molecule has 0 spiro atoms. The van der Waals surface area contributed by atoms with E-state index in [-0.39, 0.29) is 22.1 Å². The average Bonchev–Trinajstić information content (AvgIpc) is 3.23. The van der Waals surface area contributed by atoms with Gasteiger partial charge in [0.1, 0.15) is 23.5 Å². The van der Waals surface area contributed by atoms with Gasteiger partial charge in [-0.1, -0.05) is 35.0 Å². The number of nitrogens with two attached hydrogens (primary N) is 1. The van der Waals surface area contributed by atoms with E-state index >= 15 is 0 Å². The molecule has 0 aliphatic carbocycles. The lowest BCUT2D eigenvalue weighted by Crippen LogP contribution is -2.68. The highest BCUT2D eigenvalue weighted by Crippen LogP contribution is 2.56. The van der Waals surface area contributed by atoms with Crippen LogP contribution >= 0.6 is 23.4 Å². The summed E-state index contributed by atoms with van der Waals surface area (Å²) in [5.74, 6) is -0.170. The lowest BCUT2D eigenvalue weighted by Gasteiger charge is -2.44. The van der Waals surface area contributed by atoms with Crippen molar-refractivity contribution in [3.63, 3.8) is 0 Å². The van der Waals surface area contributed by atoms with Crippen molar-refractivity contribution in [1.82, 2.24) is 30.8 Å². The predicted octanol–water partition coefficient (Wildman–Crippen LogP) is 0.773. The van der Waals surface area contributed by atoms with Crippen LogP contribution in [0.2, 0.25) is 5.02 Å². The molecule has 2 amide bonds. The molecule has 0 radical (unpaired) electrons. The number of aromatic amines is 1. The number of hydrogen-bond acceptors (Lipinski definition) is 7. The Bertz CT molecular complexity index is 891. The standard InChI is InChI=1S/C16H18ClN7O2S/c1-16(2)11(12-20-22-23-21-12)24-14(26)10(15(24)27-16)19-13(25)9(18)7-5-3-4-6-8(7)17/h3-6,9-11,15H,18H2,1-2H3,(H,19,25)(H,20,21,22,23)/t9-,10?,11?,15+/m0/s1. The summed E-state index contributed by atoms with van der Waals surface area (Å²) < 4.78 is -0.325. The van der Waals surface area contributed by atoms with E-state index in [4.69, 9.17) is 17.3 Å². The highest BCUT2D eigenvalue weighted by Gasteiger charge is 2.63. The first-order valence-corrected chi connectivity index (χ1v) is 9.61. The second kappa shape index (κ2) is 6.47. The zero-order chi connectivity index (χ0) is 19.3. The number of nitrogens with zero attached hydrogens (tertiary/aromatic N) is 4. The van der Waals surface area contributed by atoms with Crippen LogP contribution in [0, 0.1) is 0 Å². The lowest BCUT2D eigenvalue weighted by molar-refractivity contribution is -0.152. The Labute approximate surface area is 164 Å². The molecular formula is C16H18ClN7O2S. The minimum atomic E-state index is -0.951. The summed E-state index contributed by atoms with van der Waals surface area (Å²) in [6.07, 6.45) is 0. The van der Waals surface area contributed by atoms with Crippen molar-refractivity contribution < 1.29 is 9.59 Å². The number of benzene rings is 1. The van der Waals surface area contributed by atoms with Crippen molar-refractivity contribution >= 4 is 35.2 Å². The maximum atomic E-state index is 12.7. The molecule has 2 aromatic rings. The fourth-order valence-corrected chi connectivity index (χ4v) is 5.44. The Balaban J connectivity index is 1.50. The van der Waals surface area contributed by atoms with E-state index < -0.39 is 18.0 Å². The third-order valence-electron chi connectivity index (χ3n) is 4.87. The zero-order valence-electron chi connectivity index (χ0n) is 14.6. The topological polar surface area (TPSA) is 130 Å².